The average Bonchev–Trinajstić information content (AvgIpc) is 2.83. The molecule has 0 saturated heterocycles. The van der Waals surface area contributed by atoms with Crippen molar-refractivity contribution in [1.82, 2.24) is 15.2 Å². The lowest BCUT2D eigenvalue weighted by atomic mass is 10.2. The van der Waals surface area contributed by atoms with Gasteiger partial charge in [0, 0.05) is 24.5 Å². The fourth-order valence-corrected chi connectivity index (χ4v) is 2.19. The minimum atomic E-state index is -0.0869. The molecule has 3 N–H and O–H groups in total. The van der Waals surface area contributed by atoms with Gasteiger partial charge in [-0.3, -0.25) is 9.89 Å². The molecule has 106 valence electrons. The molecule has 0 fully saturated rings. The van der Waals surface area contributed by atoms with E-state index in [9.17, 15) is 4.79 Å². The second-order valence-electron chi connectivity index (χ2n) is 4.77. The van der Waals surface area contributed by atoms with Crippen molar-refractivity contribution in [1.29, 1.82) is 0 Å². The van der Waals surface area contributed by atoms with Crippen LogP contribution in [0.2, 0.25) is 0 Å². The second-order valence-corrected chi connectivity index (χ2v) is 4.77. The topological polar surface area (TPSA) is 82.7 Å². The van der Waals surface area contributed by atoms with Crippen molar-refractivity contribution in [3.8, 4) is 0 Å². The number of pyridine rings is 1. The van der Waals surface area contributed by atoms with E-state index in [1.54, 1.807) is 6.20 Å². The molecule has 1 amide bonds. The molecule has 21 heavy (non-hydrogen) atoms. The first-order valence-corrected chi connectivity index (χ1v) is 6.58. The number of rotatable bonds is 3. The van der Waals surface area contributed by atoms with Gasteiger partial charge in [-0.05, 0) is 37.3 Å². The third-order valence-corrected chi connectivity index (χ3v) is 3.12. The largest absolute Gasteiger partial charge is 0.340 e. The Hall–Kier alpha value is -2.89. The molecule has 3 rings (SSSR count). The lowest BCUT2D eigenvalue weighted by Crippen LogP contribution is -2.05. The second kappa shape index (κ2) is 5.24. The summed E-state index contributed by atoms with van der Waals surface area (Å²) in [4.78, 5) is 15.4. The van der Waals surface area contributed by atoms with Gasteiger partial charge in [-0.15, -0.1) is 0 Å². The van der Waals surface area contributed by atoms with Gasteiger partial charge in [0.2, 0.25) is 5.91 Å². The molecule has 6 nitrogen and oxygen atoms in total. The molecule has 0 radical (unpaired) electrons. The number of aryl methyl sites for hydroxylation is 1. The summed E-state index contributed by atoms with van der Waals surface area (Å²) in [5.41, 5.74) is 3.50. The number of fused-ring (bicyclic) bond motifs is 1. The number of carbonyl (C=O) groups is 1. The molecular formula is C15H15N5O. The van der Waals surface area contributed by atoms with Gasteiger partial charge in [0.15, 0.2) is 0 Å². The van der Waals surface area contributed by atoms with Crippen LogP contribution in [0.3, 0.4) is 0 Å². The lowest BCUT2D eigenvalue weighted by Gasteiger charge is -2.08. The molecule has 0 spiro atoms. The Balaban J connectivity index is 1.88. The zero-order valence-electron chi connectivity index (χ0n) is 11.8. The van der Waals surface area contributed by atoms with Gasteiger partial charge in [0.05, 0.1) is 16.6 Å². The van der Waals surface area contributed by atoms with E-state index < -0.39 is 0 Å². The number of benzene rings is 1. The number of aromatic nitrogens is 3. The van der Waals surface area contributed by atoms with E-state index in [4.69, 9.17) is 0 Å². The first kappa shape index (κ1) is 13.1. The quantitative estimate of drug-likeness (QED) is 0.689. The van der Waals surface area contributed by atoms with Crippen LogP contribution in [-0.4, -0.2) is 21.1 Å². The van der Waals surface area contributed by atoms with E-state index in [2.05, 4.69) is 25.8 Å². The molecule has 2 heterocycles. The highest BCUT2D eigenvalue weighted by Crippen LogP contribution is 2.25. The van der Waals surface area contributed by atoms with E-state index >= 15 is 0 Å². The van der Waals surface area contributed by atoms with Crippen LogP contribution < -0.4 is 10.6 Å². The minimum absolute atomic E-state index is 0.0869. The molecule has 0 bridgehead atoms. The highest BCUT2D eigenvalue weighted by Gasteiger charge is 2.08. The summed E-state index contributed by atoms with van der Waals surface area (Å²) in [7, 11) is 0. The predicted octanol–water partition coefficient (Wildman–Crippen LogP) is 2.97. The van der Waals surface area contributed by atoms with Crippen LogP contribution in [0.15, 0.2) is 36.5 Å². The van der Waals surface area contributed by atoms with Crippen molar-refractivity contribution in [3.63, 3.8) is 0 Å². The number of aromatic amines is 1. The fourth-order valence-electron chi connectivity index (χ4n) is 2.19. The molecule has 0 aliphatic rings. The zero-order valence-corrected chi connectivity index (χ0v) is 11.8. The summed E-state index contributed by atoms with van der Waals surface area (Å²) in [6.07, 6.45) is 1.73. The molecule has 0 atom stereocenters. The summed E-state index contributed by atoms with van der Waals surface area (Å²) in [5.74, 6) is 0.669. The number of H-pyrrole nitrogens is 1. The maximum Gasteiger partial charge on any atom is 0.221 e. The number of carbonyl (C=O) groups excluding carboxylic acids is 1. The van der Waals surface area contributed by atoms with E-state index in [-0.39, 0.29) is 5.91 Å². The van der Waals surface area contributed by atoms with Gasteiger partial charge < -0.3 is 10.6 Å². The summed E-state index contributed by atoms with van der Waals surface area (Å²) < 4.78 is 0. The van der Waals surface area contributed by atoms with Crippen LogP contribution in [-0.2, 0) is 4.79 Å². The molecule has 3 aromatic rings. The van der Waals surface area contributed by atoms with Crippen LogP contribution >= 0.6 is 0 Å². The predicted molar refractivity (Wildman–Crippen MR) is 82.7 cm³/mol. The molecule has 0 saturated carbocycles. The van der Waals surface area contributed by atoms with Crippen molar-refractivity contribution in [3.05, 3.63) is 42.2 Å². The monoisotopic (exact) mass is 281 g/mol. The van der Waals surface area contributed by atoms with Crippen LogP contribution in [0.1, 0.15) is 12.6 Å². The molecule has 2 aromatic heterocycles. The first-order chi connectivity index (χ1) is 10.1. The van der Waals surface area contributed by atoms with Crippen molar-refractivity contribution in [2.75, 3.05) is 10.6 Å². The van der Waals surface area contributed by atoms with Crippen LogP contribution in [0, 0.1) is 6.92 Å². The van der Waals surface area contributed by atoms with Crippen molar-refractivity contribution in [2.24, 2.45) is 0 Å². The van der Waals surface area contributed by atoms with Crippen LogP contribution in [0.25, 0.3) is 10.9 Å². The number of nitrogens with zero attached hydrogens (tertiary/aromatic N) is 2. The molecule has 0 aliphatic heterocycles. The maximum atomic E-state index is 11.0. The Kier molecular flexibility index (Phi) is 3.27. The van der Waals surface area contributed by atoms with E-state index in [0.717, 1.165) is 33.8 Å². The lowest BCUT2D eigenvalue weighted by molar-refractivity contribution is -0.114. The fraction of sp³-hybridized carbons (Fsp3) is 0.133. The van der Waals surface area contributed by atoms with E-state index in [1.807, 2.05) is 37.3 Å². The highest BCUT2D eigenvalue weighted by atomic mass is 16.1. The Morgan fingerprint density at radius 1 is 1.14 bits per heavy atom. The zero-order chi connectivity index (χ0) is 14.8. The standard InChI is InChI=1S/C15H15N5O/c1-9-14-13(20-19-9)7-8-16-15(14)18-12-5-3-11(4-6-12)17-10(2)21/h3-8H,1-2H3,(H,16,18)(H,17,21)(H,19,20). The maximum absolute atomic E-state index is 11.0. The molecule has 0 unspecified atom stereocenters. The van der Waals surface area contributed by atoms with Crippen molar-refractivity contribution >= 4 is 34.0 Å². The third-order valence-electron chi connectivity index (χ3n) is 3.12. The average molecular weight is 281 g/mol. The number of hydrogen-bond acceptors (Lipinski definition) is 4. The Morgan fingerprint density at radius 3 is 2.57 bits per heavy atom. The number of anilines is 3. The summed E-state index contributed by atoms with van der Waals surface area (Å²) in [5, 5.41) is 14.1. The molecule has 1 aromatic carbocycles. The number of hydrogen-bond donors (Lipinski definition) is 3. The molecule has 0 aliphatic carbocycles. The Bertz CT molecular complexity index is 791. The Labute approximate surface area is 121 Å². The minimum Gasteiger partial charge on any atom is -0.340 e. The van der Waals surface area contributed by atoms with Crippen molar-refractivity contribution < 1.29 is 4.79 Å². The first-order valence-electron chi connectivity index (χ1n) is 6.58. The van der Waals surface area contributed by atoms with Crippen LogP contribution in [0.4, 0.5) is 17.2 Å². The highest BCUT2D eigenvalue weighted by molar-refractivity contribution is 5.93. The SMILES string of the molecule is CC(=O)Nc1ccc(Nc2nccc3[nH]nc(C)c23)cc1. The van der Waals surface area contributed by atoms with Crippen LogP contribution in [0.5, 0.6) is 0 Å². The number of nitrogens with one attached hydrogen (secondary N) is 3. The summed E-state index contributed by atoms with van der Waals surface area (Å²) >= 11 is 0. The van der Waals surface area contributed by atoms with Crippen molar-refractivity contribution in [2.45, 2.75) is 13.8 Å². The molecule has 6 heteroatoms. The number of amides is 1. The van der Waals surface area contributed by atoms with Gasteiger partial charge in [-0.25, -0.2) is 4.98 Å². The van der Waals surface area contributed by atoms with E-state index in [0.29, 0.717) is 0 Å². The van der Waals surface area contributed by atoms with Gasteiger partial charge in [-0.2, -0.15) is 5.10 Å². The summed E-state index contributed by atoms with van der Waals surface area (Å²) in [6.45, 7) is 3.42. The Morgan fingerprint density at radius 2 is 1.86 bits per heavy atom. The molecular weight excluding hydrogens is 266 g/mol. The van der Waals surface area contributed by atoms with E-state index in [1.165, 1.54) is 6.92 Å². The third kappa shape index (κ3) is 2.69. The van der Waals surface area contributed by atoms with Gasteiger partial charge in [0.25, 0.3) is 0 Å². The summed E-state index contributed by atoms with van der Waals surface area (Å²) in [6, 6.07) is 9.35. The van der Waals surface area contributed by atoms with Gasteiger partial charge in [-0.1, -0.05) is 0 Å². The van der Waals surface area contributed by atoms with Gasteiger partial charge in [0.1, 0.15) is 5.82 Å². The smallest absolute Gasteiger partial charge is 0.221 e. The van der Waals surface area contributed by atoms with Gasteiger partial charge >= 0.3 is 0 Å². The normalized spacial score (nSPS) is 10.6.